The molecule has 0 amide bonds. The van der Waals surface area contributed by atoms with Gasteiger partial charge in [0.25, 0.3) is 10.0 Å². The molecule has 0 saturated carbocycles. The van der Waals surface area contributed by atoms with E-state index in [4.69, 9.17) is 0 Å². The van der Waals surface area contributed by atoms with Gasteiger partial charge in [0.15, 0.2) is 0 Å². The highest BCUT2D eigenvalue weighted by atomic mass is 32.2. The van der Waals surface area contributed by atoms with E-state index in [-0.39, 0.29) is 0 Å². The van der Waals surface area contributed by atoms with Gasteiger partial charge < -0.3 is 4.90 Å². The van der Waals surface area contributed by atoms with E-state index in [1.165, 1.54) is 5.56 Å². The van der Waals surface area contributed by atoms with Crippen LogP contribution in [0.5, 0.6) is 0 Å². The van der Waals surface area contributed by atoms with Crippen molar-refractivity contribution in [3.8, 4) is 0 Å². The second kappa shape index (κ2) is 7.76. The Kier molecular flexibility index (Phi) is 5.32. The first-order valence-corrected chi connectivity index (χ1v) is 11.4. The van der Waals surface area contributed by atoms with Crippen LogP contribution >= 0.6 is 0 Å². The monoisotopic (exact) mass is 409 g/mol. The quantitative estimate of drug-likeness (QED) is 0.777. The molecule has 0 bridgehead atoms. The second-order valence-corrected chi connectivity index (χ2v) is 9.43. The summed E-state index contributed by atoms with van der Waals surface area (Å²) in [5.41, 5.74) is 5.02. The van der Waals surface area contributed by atoms with Crippen LogP contribution in [0.25, 0.3) is 4.91 Å². The minimum atomic E-state index is -3.67. The Balaban J connectivity index is 1.52. The molecule has 6 heteroatoms. The summed E-state index contributed by atoms with van der Waals surface area (Å²) in [6, 6.07) is 16.2. The van der Waals surface area contributed by atoms with Gasteiger partial charge >= 0.3 is 0 Å². The first-order valence-electron chi connectivity index (χ1n) is 10.0. The van der Waals surface area contributed by atoms with Crippen molar-refractivity contribution in [3.05, 3.63) is 76.4 Å². The fourth-order valence-electron chi connectivity index (χ4n) is 4.03. The van der Waals surface area contributed by atoms with Crippen LogP contribution in [0.3, 0.4) is 0 Å². The van der Waals surface area contributed by atoms with Crippen LogP contribution in [0, 0.1) is 13.8 Å². The molecule has 2 aliphatic heterocycles. The van der Waals surface area contributed by atoms with Crippen molar-refractivity contribution in [1.29, 1.82) is 0 Å². The molecular formula is C23H27N3O2S. The third kappa shape index (κ3) is 4.00. The van der Waals surface area contributed by atoms with E-state index in [2.05, 4.69) is 38.5 Å². The highest BCUT2D eigenvalue weighted by Crippen LogP contribution is 2.34. The van der Waals surface area contributed by atoms with Gasteiger partial charge in [-0.2, -0.15) is 8.42 Å². The van der Waals surface area contributed by atoms with Crippen molar-refractivity contribution in [2.24, 2.45) is 4.40 Å². The van der Waals surface area contributed by atoms with Crippen LogP contribution in [0.15, 0.2) is 58.5 Å². The topological polar surface area (TPSA) is 53.0 Å². The van der Waals surface area contributed by atoms with Crippen molar-refractivity contribution in [1.82, 2.24) is 9.80 Å². The minimum absolute atomic E-state index is 0.349. The van der Waals surface area contributed by atoms with Gasteiger partial charge in [-0.25, -0.2) is 0 Å². The third-order valence-electron chi connectivity index (χ3n) is 5.83. The maximum atomic E-state index is 12.8. The molecule has 29 heavy (non-hydrogen) atoms. The summed E-state index contributed by atoms with van der Waals surface area (Å²) in [7, 11) is -3.67. The van der Waals surface area contributed by atoms with Crippen molar-refractivity contribution >= 4 is 20.8 Å². The SMILES string of the molecule is CC1=C(c2ccc(C)c(C)c2)S(=O)(=O)N=C1N1CCN(Cc2ccccc2)CC1. The van der Waals surface area contributed by atoms with Gasteiger partial charge in [-0.1, -0.05) is 48.5 Å². The lowest BCUT2D eigenvalue weighted by Gasteiger charge is -2.36. The van der Waals surface area contributed by atoms with Crippen molar-refractivity contribution in [2.45, 2.75) is 27.3 Å². The average molecular weight is 410 g/mol. The number of aryl methyl sites for hydroxylation is 2. The van der Waals surface area contributed by atoms with Gasteiger partial charge in [-0.15, -0.1) is 4.40 Å². The van der Waals surface area contributed by atoms with E-state index < -0.39 is 10.0 Å². The first kappa shape index (κ1) is 19.9. The molecule has 0 radical (unpaired) electrons. The van der Waals surface area contributed by atoms with Crippen LogP contribution in [-0.4, -0.2) is 50.2 Å². The predicted molar refractivity (Wildman–Crippen MR) is 118 cm³/mol. The van der Waals surface area contributed by atoms with Crippen molar-refractivity contribution in [2.75, 3.05) is 26.2 Å². The Morgan fingerprint density at radius 2 is 1.59 bits per heavy atom. The number of nitrogens with zero attached hydrogens (tertiary/aromatic N) is 3. The standard InChI is InChI=1S/C23H27N3O2S/c1-17-9-10-21(15-18(17)2)22-19(3)23(24-29(22,27)28)26-13-11-25(12-14-26)16-20-7-5-4-6-8-20/h4-10,15H,11-14,16H2,1-3H3. The number of sulfonamides is 1. The summed E-state index contributed by atoms with van der Waals surface area (Å²) >= 11 is 0. The van der Waals surface area contributed by atoms with Gasteiger partial charge in [0, 0.05) is 38.3 Å². The van der Waals surface area contributed by atoms with Gasteiger partial charge in [0.05, 0.1) is 0 Å². The number of hydrogen-bond acceptors (Lipinski definition) is 4. The Morgan fingerprint density at radius 3 is 2.24 bits per heavy atom. The fourth-order valence-corrected chi connectivity index (χ4v) is 5.50. The predicted octanol–water partition coefficient (Wildman–Crippen LogP) is 3.59. The summed E-state index contributed by atoms with van der Waals surface area (Å²) in [4.78, 5) is 4.86. The summed E-state index contributed by atoms with van der Waals surface area (Å²) in [5, 5.41) is 0. The lowest BCUT2D eigenvalue weighted by Crippen LogP contribution is -2.48. The summed E-state index contributed by atoms with van der Waals surface area (Å²) in [6.07, 6.45) is 0. The smallest absolute Gasteiger partial charge is 0.285 e. The Labute approximate surface area is 173 Å². The van der Waals surface area contributed by atoms with E-state index >= 15 is 0 Å². The largest absolute Gasteiger partial charge is 0.353 e. The van der Waals surface area contributed by atoms with Gasteiger partial charge in [0.1, 0.15) is 10.7 Å². The molecule has 2 aromatic rings. The third-order valence-corrected chi connectivity index (χ3v) is 7.30. The van der Waals surface area contributed by atoms with Gasteiger partial charge in [-0.3, -0.25) is 4.90 Å². The highest BCUT2D eigenvalue weighted by molar-refractivity contribution is 8.00. The van der Waals surface area contributed by atoms with Crippen LogP contribution in [0.1, 0.15) is 29.2 Å². The number of benzene rings is 2. The molecule has 0 aromatic heterocycles. The summed E-state index contributed by atoms with van der Waals surface area (Å²) in [6.45, 7) is 10.2. The number of piperazine rings is 1. The van der Waals surface area contributed by atoms with Crippen molar-refractivity contribution < 1.29 is 8.42 Å². The first-order chi connectivity index (χ1) is 13.8. The zero-order valence-electron chi connectivity index (χ0n) is 17.2. The Morgan fingerprint density at radius 1 is 0.897 bits per heavy atom. The van der Waals surface area contributed by atoms with E-state index in [0.29, 0.717) is 10.7 Å². The molecule has 2 aromatic carbocycles. The highest BCUT2D eigenvalue weighted by Gasteiger charge is 2.34. The maximum absolute atomic E-state index is 12.8. The van der Waals surface area contributed by atoms with Gasteiger partial charge in [0.2, 0.25) is 0 Å². The molecule has 0 atom stereocenters. The molecule has 0 N–H and O–H groups in total. The normalized spacial score (nSPS) is 19.6. The molecular weight excluding hydrogens is 382 g/mol. The van der Waals surface area contributed by atoms with E-state index in [0.717, 1.165) is 55.0 Å². The molecule has 0 spiro atoms. The molecule has 152 valence electrons. The molecule has 2 aliphatic rings. The molecule has 5 nitrogen and oxygen atoms in total. The van der Waals surface area contributed by atoms with E-state index in [1.807, 2.05) is 45.0 Å². The Bertz CT molecular complexity index is 1080. The van der Waals surface area contributed by atoms with Gasteiger partial charge in [-0.05, 0) is 43.0 Å². The van der Waals surface area contributed by atoms with Crippen LogP contribution < -0.4 is 0 Å². The molecule has 1 fully saturated rings. The zero-order chi connectivity index (χ0) is 20.6. The van der Waals surface area contributed by atoms with Crippen LogP contribution in [0.4, 0.5) is 0 Å². The maximum Gasteiger partial charge on any atom is 0.285 e. The Hall–Kier alpha value is -2.44. The molecule has 4 rings (SSSR count). The number of rotatable bonds is 3. The molecule has 0 unspecified atom stereocenters. The van der Waals surface area contributed by atoms with E-state index in [9.17, 15) is 8.42 Å². The van der Waals surface area contributed by atoms with Crippen molar-refractivity contribution in [3.63, 3.8) is 0 Å². The lowest BCUT2D eigenvalue weighted by molar-refractivity contribution is 0.176. The van der Waals surface area contributed by atoms with E-state index in [1.54, 1.807) is 0 Å². The summed E-state index contributed by atoms with van der Waals surface area (Å²) in [5.74, 6) is 0.609. The van der Waals surface area contributed by atoms with Crippen LogP contribution in [-0.2, 0) is 16.6 Å². The number of hydrogen-bond donors (Lipinski definition) is 0. The lowest BCUT2D eigenvalue weighted by atomic mass is 10.0. The average Bonchev–Trinajstić information content (AvgIpc) is 2.94. The summed E-state index contributed by atoms with van der Waals surface area (Å²) < 4.78 is 29.9. The number of amidine groups is 1. The van der Waals surface area contributed by atoms with Crippen LogP contribution in [0.2, 0.25) is 0 Å². The minimum Gasteiger partial charge on any atom is -0.353 e. The molecule has 1 saturated heterocycles. The zero-order valence-corrected chi connectivity index (χ0v) is 18.0. The fraction of sp³-hybridized carbons (Fsp3) is 0.348. The molecule has 0 aliphatic carbocycles. The second-order valence-electron chi connectivity index (χ2n) is 7.89. The molecule has 2 heterocycles.